The average molecular weight is 283 g/mol. The number of carboxylic acid groups (broad SMARTS) is 1. The zero-order chi connectivity index (χ0) is 14.8. The molecule has 116 valence electrons. The lowest BCUT2D eigenvalue weighted by atomic mass is 9.77. The molecule has 4 heteroatoms. The molecule has 0 aromatic heterocycles. The molecule has 0 radical (unpaired) electrons. The molecule has 2 aliphatic rings. The Labute approximate surface area is 122 Å². The third-order valence-corrected chi connectivity index (χ3v) is 5.13. The molecule has 0 spiro atoms. The Morgan fingerprint density at radius 2 is 2.10 bits per heavy atom. The molecule has 0 aliphatic carbocycles. The summed E-state index contributed by atoms with van der Waals surface area (Å²) < 4.78 is 5.36. The highest BCUT2D eigenvalue weighted by Crippen LogP contribution is 2.36. The molecule has 4 nitrogen and oxygen atoms in total. The van der Waals surface area contributed by atoms with Gasteiger partial charge in [-0.05, 0) is 50.1 Å². The number of ether oxygens (including phenoxy) is 1. The van der Waals surface area contributed by atoms with Crippen molar-refractivity contribution < 1.29 is 14.6 Å². The lowest BCUT2D eigenvalue weighted by Crippen LogP contribution is -2.44. The minimum absolute atomic E-state index is 0.358. The molecule has 1 N–H and O–H groups in total. The smallest absolute Gasteiger partial charge is 0.313 e. The van der Waals surface area contributed by atoms with Crippen LogP contribution in [-0.2, 0) is 9.53 Å². The Kier molecular flexibility index (Phi) is 4.75. The molecule has 2 atom stereocenters. The summed E-state index contributed by atoms with van der Waals surface area (Å²) in [4.78, 5) is 14.0. The van der Waals surface area contributed by atoms with E-state index in [4.69, 9.17) is 4.74 Å². The van der Waals surface area contributed by atoms with Crippen molar-refractivity contribution in [2.24, 2.45) is 16.7 Å². The fraction of sp³-hybridized carbons (Fsp3) is 0.938. The highest BCUT2D eigenvalue weighted by atomic mass is 16.5. The van der Waals surface area contributed by atoms with Gasteiger partial charge in [-0.15, -0.1) is 0 Å². The summed E-state index contributed by atoms with van der Waals surface area (Å²) in [5.41, 5.74) is -0.307. The molecule has 20 heavy (non-hydrogen) atoms. The topological polar surface area (TPSA) is 49.8 Å². The summed E-state index contributed by atoms with van der Waals surface area (Å²) in [5, 5.41) is 9.54. The second-order valence-corrected chi connectivity index (χ2v) is 7.66. The van der Waals surface area contributed by atoms with E-state index in [9.17, 15) is 9.90 Å². The van der Waals surface area contributed by atoms with Gasteiger partial charge in [-0.3, -0.25) is 4.79 Å². The number of likely N-dealkylation sites (tertiary alicyclic amines) is 1. The second kappa shape index (κ2) is 6.02. The predicted molar refractivity (Wildman–Crippen MR) is 78.7 cm³/mol. The normalized spacial score (nSPS) is 33.0. The summed E-state index contributed by atoms with van der Waals surface area (Å²) in [7, 11) is 0. The number of aliphatic carboxylic acids is 1. The Hall–Kier alpha value is -0.610. The van der Waals surface area contributed by atoms with Crippen molar-refractivity contribution >= 4 is 5.97 Å². The van der Waals surface area contributed by atoms with Gasteiger partial charge in [-0.2, -0.15) is 0 Å². The highest BCUT2D eigenvalue weighted by molar-refractivity contribution is 5.75. The highest BCUT2D eigenvalue weighted by Gasteiger charge is 2.44. The molecular weight excluding hydrogens is 254 g/mol. The van der Waals surface area contributed by atoms with E-state index in [0.29, 0.717) is 31.6 Å². The van der Waals surface area contributed by atoms with Crippen molar-refractivity contribution in [3.05, 3.63) is 0 Å². The van der Waals surface area contributed by atoms with E-state index in [0.717, 1.165) is 19.0 Å². The molecule has 0 saturated carbocycles. The molecule has 0 aromatic carbocycles. The number of nitrogens with zero attached hydrogens (tertiary/aromatic N) is 1. The van der Waals surface area contributed by atoms with E-state index in [1.54, 1.807) is 0 Å². The number of rotatable bonds is 3. The van der Waals surface area contributed by atoms with Crippen molar-refractivity contribution in [2.75, 3.05) is 32.8 Å². The quantitative estimate of drug-likeness (QED) is 0.865. The fourth-order valence-electron chi connectivity index (χ4n) is 3.58. The zero-order valence-corrected chi connectivity index (χ0v) is 13.2. The maximum Gasteiger partial charge on any atom is 0.313 e. The second-order valence-electron chi connectivity index (χ2n) is 7.66. The molecule has 2 fully saturated rings. The SMILES string of the molecule is CC(C)(C)C1CCCN(CC2(C(=O)O)CCOC2)CC1. The molecule has 2 aliphatic heterocycles. The van der Waals surface area contributed by atoms with Crippen molar-refractivity contribution in [1.82, 2.24) is 4.90 Å². The average Bonchev–Trinajstić information content (AvgIpc) is 2.68. The molecule has 2 heterocycles. The van der Waals surface area contributed by atoms with Crippen LogP contribution in [0.1, 0.15) is 46.5 Å². The first-order valence-electron chi connectivity index (χ1n) is 7.87. The van der Waals surface area contributed by atoms with Gasteiger partial charge in [0.1, 0.15) is 5.41 Å². The lowest BCUT2D eigenvalue weighted by molar-refractivity contribution is -0.150. The summed E-state index contributed by atoms with van der Waals surface area (Å²) in [6.45, 7) is 10.6. The van der Waals surface area contributed by atoms with Crippen molar-refractivity contribution in [3.8, 4) is 0 Å². The monoisotopic (exact) mass is 283 g/mol. The number of carbonyl (C=O) groups is 1. The van der Waals surface area contributed by atoms with E-state index in [1.165, 1.54) is 19.3 Å². The van der Waals surface area contributed by atoms with Crippen LogP contribution < -0.4 is 0 Å². The van der Waals surface area contributed by atoms with Crippen LogP contribution in [0, 0.1) is 16.7 Å². The van der Waals surface area contributed by atoms with Gasteiger partial charge in [0.25, 0.3) is 0 Å². The number of carboxylic acids is 1. The van der Waals surface area contributed by atoms with Gasteiger partial charge in [-0.1, -0.05) is 20.8 Å². The Balaban J connectivity index is 1.95. The molecule has 2 rings (SSSR count). The maximum atomic E-state index is 11.6. The minimum Gasteiger partial charge on any atom is -0.481 e. The van der Waals surface area contributed by atoms with E-state index in [2.05, 4.69) is 25.7 Å². The van der Waals surface area contributed by atoms with E-state index >= 15 is 0 Å². The summed E-state index contributed by atoms with van der Waals surface area (Å²) in [6.07, 6.45) is 4.27. The Morgan fingerprint density at radius 1 is 1.35 bits per heavy atom. The molecule has 0 aromatic rings. The van der Waals surface area contributed by atoms with Crippen molar-refractivity contribution in [2.45, 2.75) is 46.5 Å². The van der Waals surface area contributed by atoms with Crippen molar-refractivity contribution in [1.29, 1.82) is 0 Å². The molecule has 2 saturated heterocycles. The molecule has 2 unspecified atom stereocenters. The van der Waals surface area contributed by atoms with Gasteiger partial charge >= 0.3 is 5.97 Å². The molecular formula is C16H29NO3. The van der Waals surface area contributed by atoms with E-state index < -0.39 is 11.4 Å². The van der Waals surface area contributed by atoms with Crippen LogP contribution in [0.25, 0.3) is 0 Å². The third-order valence-electron chi connectivity index (χ3n) is 5.13. The summed E-state index contributed by atoms with van der Waals surface area (Å²) in [6, 6.07) is 0. The van der Waals surface area contributed by atoms with Gasteiger partial charge < -0.3 is 14.7 Å². The number of hydrogen-bond acceptors (Lipinski definition) is 3. The minimum atomic E-state index is -0.688. The zero-order valence-electron chi connectivity index (χ0n) is 13.2. The first kappa shape index (κ1) is 15.8. The summed E-state index contributed by atoms with van der Waals surface area (Å²) >= 11 is 0. The van der Waals surface area contributed by atoms with Crippen LogP contribution in [0.4, 0.5) is 0 Å². The van der Waals surface area contributed by atoms with Crippen LogP contribution >= 0.6 is 0 Å². The van der Waals surface area contributed by atoms with Gasteiger partial charge in [0.2, 0.25) is 0 Å². The predicted octanol–water partition coefficient (Wildman–Crippen LogP) is 2.63. The standard InChI is InChI=1S/C16H29NO3/c1-15(2,3)13-5-4-8-17(9-6-13)11-16(14(18)19)7-10-20-12-16/h13H,4-12H2,1-3H3,(H,18,19). The Morgan fingerprint density at radius 3 is 2.65 bits per heavy atom. The lowest BCUT2D eigenvalue weighted by Gasteiger charge is -2.31. The first-order chi connectivity index (χ1) is 9.33. The van der Waals surface area contributed by atoms with E-state index in [-0.39, 0.29) is 0 Å². The Bertz CT molecular complexity index is 342. The van der Waals surface area contributed by atoms with Gasteiger partial charge in [0.05, 0.1) is 6.61 Å². The maximum absolute atomic E-state index is 11.6. The van der Waals surface area contributed by atoms with Crippen LogP contribution in [0.2, 0.25) is 0 Å². The fourth-order valence-corrected chi connectivity index (χ4v) is 3.58. The molecule has 0 amide bonds. The van der Waals surface area contributed by atoms with Crippen LogP contribution in [0.5, 0.6) is 0 Å². The van der Waals surface area contributed by atoms with Gasteiger partial charge in [0, 0.05) is 13.2 Å². The first-order valence-corrected chi connectivity index (χ1v) is 7.87. The molecule has 0 bridgehead atoms. The van der Waals surface area contributed by atoms with Crippen LogP contribution in [0.3, 0.4) is 0 Å². The van der Waals surface area contributed by atoms with Crippen LogP contribution in [-0.4, -0.2) is 48.8 Å². The van der Waals surface area contributed by atoms with Gasteiger partial charge in [0.15, 0.2) is 0 Å². The number of hydrogen-bond donors (Lipinski definition) is 1. The van der Waals surface area contributed by atoms with E-state index in [1.807, 2.05) is 0 Å². The largest absolute Gasteiger partial charge is 0.481 e. The van der Waals surface area contributed by atoms with Crippen molar-refractivity contribution in [3.63, 3.8) is 0 Å². The third kappa shape index (κ3) is 3.53. The van der Waals surface area contributed by atoms with Gasteiger partial charge in [-0.25, -0.2) is 0 Å². The summed E-state index contributed by atoms with van der Waals surface area (Å²) in [5.74, 6) is 0.0553. The van der Waals surface area contributed by atoms with Crippen LogP contribution in [0.15, 0.2) is 0 Å².